The van der Waals surface area contributed by atoms with Gasteiger partial charge in [0.15, 0.2) is 21.4 Å². The van der Waals surface area contributed by atoms with Crippen molar-refractivity contribution in [2.75, 3.05) is 11.1 Å². The number of carbonyl (C=O) groups is 1. The lowest BCUT2D eigenvalue weighted by Crippen LogP contribution is -2.30. The number of nitrogens with one attached hydrogen (secondary N) is 1. The zero-order valence-corrected chi connectivity index (χ0v) is 24.1. The zero-order valence-electron chi connectivity index (χ0n) is 23.3. The van der Waals surface area contributed by atoms with E-state index in [9.17, 15) is 18.3 Å². The minimum Gasteiger partial charge on any atom is -0.453 e. The Balaban J connectivity index is 1.56. The van der Waals surface area contributed by atoms with Crippen LogP contribution in [0.2, 0.25) is 0 Å². The van der Waals surface area contributed by atoms with Crippen LogP contribution in [0.5, 0.6) is 11.5 Å². The summed E-state index contributed by atoms with van der Waals surface area (Å²) in [6, 6.07) is 8.79. The second-order valence-electron chi connectivity index (χ2n) is 11.5. The Bertz CT molecular complexity index is 1660. The van der Waals surface area contributed by atoms with Crippen molar-refractivity contribution in [3.05, 3.63) is 71.9 Å². The quantitative estimate of drug-likeness (QED) is 0.301. The van der Waals surface area contributed by atoms with E-state index in [0.29, 0.717) is 27.7 Å². The first-order valence-corrected chi connectivity index (χ1v) is 14.3. The van der Waals surface area contributed by atoms with Crippen LogP contribution < -0.4 is 10.1 Å². The number of aliphatic hydroxyl groups is 1. The van der Waals surface area contributed by atoms with Gasteiger partial charge in [0.25, 0.3) is 0 Å². The first-order valence-electron chi connectivity index (χ1n) is 12.7. The minimum absolute atomic E-state index is 0.00780. The highest BCUT2D eigenvalue weighted by Gasteiger charge is 2.26. The van der Waals surface area contributed by atoms with Gasteiger partial charge in [-0.1, -0.05) is 6.07 Å². The van der Waals surface area contributed by atoms with Gasteiger partial charge < -0.3 is 15.2 Å². The lowest BCUT2D eigenvalue weighted by Gasteiger charge is -2.18. The maximum atomic E-state index is 15.3. The summed E-state index contributed by atoms with van der Waals surface area (Å²) in [6.45, 7) is 10.5. The maximum Gasteiger partial charge on any atom is 0.228 e. The number of nitrogens with zero attached hydrogens (tertiary/aromatic N) is 3. The number of rotatable bonds is 8. The van der Waals surface area contributed by atoms with Gasteiger partial charge in [-0.05, 0) is 83.0 Å². The Kier molecular flexibility index (Phi) is 7.75. The van der Waals surface area contributed by atoms with Crippen molar-refractivity contribution < 1.29 is 27.4 Å². The number of carbonyl (C=O) groups excluding carboxylic acids is 1. The van der Waals surface area contributed by atoms with Gasteiger partial charge in [0.1, 0.15) is 5.75 Å². The maximum absolute atomic E-state index is 15.3. The normalized spacial score (nSPS) is 12.5. The van der Waals surface area contributed by atoms with E-state index in [0.717, 1.165) is 0 Å². The van der Waals surface area contributed by atoms with Crippen LogP contribution in [0.4, 0.5) is 10.1 Å². The molecule has 0 fully saturated rings. The number of aromatic nitrogens is 3. The average molecular weight is 569 g/mol. The molecule has 2 N–H and O–H groups in total. The minimum atomic E-state index is -3.81. The molecule has 2 aromatic carbocycles. The van der Waals surface area contributed by atoms with E-state index < -0.39 is 27.0 Å². The van der Waals surface area contributed by atoms with Gasteiger partial charge in [0.2, 0.25) is 5.91 Å². The van der Waals surface area contributed by atoms with Crippen LogP contribution in [0.1, 0.15) is 45.7 Å². The molecule has 0 radical (unpaired) electrons. The van der Waals surface area contributed by atoms with Crippen molar-refractivity contribution >= 4 is 32.3 Å². The monoisotopic (exact) mass is 568 g/mol. The van der Waals surface area contributed by atoms with Gasteiger partial charge in [-0.15, -0.1) is 0 Å². The standard InChI is InChI=1S/C29H33FN4O5S/c1-18-11-19(13-26(35)33-20-15-32-34(16-20)28(2,3)4)12-23(30)27(18)39-25-9-10-31-24-8-7-21(14-22(24)25)40(37,38)17-29(5,6)36/h7-12,14-16,36H,13,17H2,1-6H3,(H,33,35). The molecule has 0 spiro atoms. The average Bonchev–Trinajstić information content (AvgIpc) is 3.28. The van der Waals surface area contributed by atoms with Crippen LogP contribution >= 0.6 is 0 Å². The number of amides is 1. The number of sulfone groups is 1. The molecule has 4 rings (SSSR count). The van der Waals surface area contributed by atoms with Crippen LogP contribution in [-0.4, -0.2) is 45.5 Å². The molecule has 0 saturated heterocycles. The molecule has 9 nitrogen and oxygen atoms in total. The molecule has 212 valence electrons. The molecular formula is C29H33FN4O5S. The summed E-state index contributed by atoms with van der Waals surface area (Å²) in [4.78, 5) is 16.9. The molecular weight excluding hydrogens is 535 g/mol. The van der Waals surface area contributed by atoms with Gasteiger partial charge in [-0.25, -0.2) is 12.8 Å². The smallest absolute Gasteiger partial charge is 0.228 e. The largest absolute Gasteiger partial charge is 0.453 e. The third-order valence-electron chi connectivity index (χ3n) is 5.99. The summed E-state index contributed by atoms with van der Waals surface area (Å²) < 4.78 is 48.6. The summed E-state index contributed by atoms with van der Waals surface area (Å²) in [5, 5.41) is 17.4. The number of fused-ring (bicyclic) bond motifs is 1. The first kappa shape index (κ1) is 29.2. The van der Waals surface area contributed by atoms with E-state index in [1.807, 2.05) is 20.8 Å². The van der Waals surface area contributed by atoms with Crippen molar-refractivity contribution in [3.8, 4) is 11.5 Å². The Labute approximate surface area is 232 Å². The Morgan fingerprint density at radius 3 is 2.48 bits per heavy atom. The predicted molar refractivity (Wildman–Crippen MR) is 151 cm³/mol. The van der Waals surface area contributed by atoms with E-state index in [2.05, 4.69) is 15.4 Å². The molecule has 0 unspecified atom stereocenters. The number of aryl methyl sites for hydroxylation is 1. The molecule has 0 aliphatic carbocycles. The van der Waals surface area contributed by atoms with Crippen molar-refractivity contribution in [1.29, 1.82) is 0 Å². The second-order valence-corrected chi connectivity index (χ2v) is 13.4. The molecule has 1 amide bonds. The molecule has 0 saturated carbocycles. The van der Waals surface area contributed by atoms with E-state index >= 15 is 4.39 Å². The van der Waals surface area contributed by atoms with Crippen molar-refractivity contribution in [1.82, 2.24) is 14.8 Å². The molecule has 11 heteroatoms. The van der Waals surface area contributed by atoms with Crippen molar-refractivity contribution in [2.24, 2.45) is 0 Å². The summed E-state index contributed by atoms with van der Waals surface area (Å²) in [5.74, 6) is -1.29. The predicted octanol–water partition coefficient (Wildman–Crippen LogP) is 5.15. The Morgan fingerprint density at radius 1 is 1.12 bits per heavy atom. The number of benzene rings is 2. The van der Waals surface area contributed by atoms with Crippen LogP contribution in [0.25, 0.3) is 10.9 Å². The van der Waals surface area contributed by atoms with E-state index in [4.69, 9.17) is 4.74 Å². The first-order chi connectivity index (χ1) is 18.5. The highest BCUT2D eigenvalue weighted by atomic mass is 32.2. The summed E-state index contributed by atoms with van der Waals surface area (Å²) in [7, 11) is -3.81. The third kappa shape index (κ3) is 6.83. The van der Waals surface area contributed by atoms with Crippen LogP contribution in [-0.2, 0) is 26.6 Å². The Morgan fingerprint density at radius 2 is 1.85 bits per heavy atom. The van der Waals surface area contributed by atoms with Gasteiger partial charge in [0.05, 0.1) is 45.6 Å². The summed E-state index contributed by atoms with van der Waals surface area (Å²) in [5.41, 5.74) is 0.272. The van der Waals surface area contributed by atoms with Crippen LogP contribution in [0, 0.1) is 12.7 Å². The van der Waals surface area contributed by atoms with Gasteiger partial charge in [0, 0.05) is 17.8 Å². The topological polar surface area (TPSA) is 123 Å². The molecule has 0 aliphatic heterocycles. The van der Waals surface area contributed by atoms with Gasteiger partial charge in [-0.3, -0.25) is 14.5 Å². The van der Waals surface area contributed by atoms with Crippen molar-refractivity contribution in [2.45, 2.75) is 64.0 Å². The Hall–Kier alpha value is -3.83. The molecule has 4 aromatic rings. The van der Waals surface area contributed by atoms with Gasteiger partial charge >= 0.3 is 0 Å². The second kappa shape index (κ2) is 10.6. The number of ether oxygens (including phenoxy) is 1. The van der Waals surface area contributed by atoms with Crippen LogP contribution in [0.3, 0.4) is 0 Å². The number of hydrogen-bond acceptors (Lipinski definition) is 7. The summed E-state index contributed by atoms with van der Waals surface area (Å²) >= 11 is 0. The number of pyridine rings is 1. The fraction of sp³-hybridized carbons (Fsp3) is 0.345. The highest BCUT2D eigenvalue weighted by Crippen LogP contribution is 2.34. The lowest BCUT2D eigenvalue weighted by molar-refractivity contribution is -0.115. The molecule has 40 heavy (non-hydrogen) atoms. The summed E-state index contributed by atoms with van der Waals surface area (Å²) in [6.07, 6.45) is 4.73. The third-order valence-corrected chi connectivity index (χ3v) is 8.05. The number of hydrogen-bond donors (Lipinski definition) is 2. The fourth-order valence-corrected chi connectivity index (χ4v) is 5.89. The molecule has 0 bridgehead atoms. The SMILES string of the molecule is Cc1cc(CC(=O)Nc2cnn(C(C)(C)C)c2)cc(F)c1Oc1ccnc2ccc(S(=O)(=O)CC(C)(C)O)cc12. The molecule has 0 aliphatic rings. The zero-order chi connectivity index (χ0) is 29.5. The molecule has 2 heterocycles. The fourth-order valence-electron chi connectivity index (χ4n) is 4.22. The molecule has 2 aromatic heterocycles. The van der Waals surface area contributed by atoms with Crippen LogP contribution in [0.15, 0.2) is 59.9 Å². The van der Waals surface area contributed by atoms with Gasteiger partial charge in [-0.2, -0.15) is 5.10 Å². The molecule has 0 atom stereocenters. The highest BCUT2D eigenvalue weighted by molar-refractivity contribution is 7.91. The number of halogens is 1. The van der Waals surface area contributed by atoms with E-state index in [1.165, 1.54) is 50.4 Å². The van der Waals surface area contributed by atoms with E-state index in [1.54, 1.807) is 30.1 Å². The number of anilines is 1. The van der Waals surface area contributed by atoms with Crippen molar-refractivity contribution in [3.63, 3.8) is 0 Å². The van der Waals surface area contributed by atoms with E-state index in [-0.39, 0.29) is 34.3 Å². The lowest BCUT2D eigenvalue weighted by atomic mass is 10.1.